The van der Waals surface area contributed by atoms with Crippen LogP contribution in [0.2, 0.25) is 0 Å². The molecule has 0 unspecified atom stereocenters. The highest BCUT2D eigenvalue weighted by atomic mass is 16.2. The van der Waals surface area contributed by atoms with Crippen LogP contribution in [0.25, 0.3) is 0 Å². The van der Waals surface area contributed by atoms with Gasteiger partial charge in [0.25, 0.3) is 11.5 Å². The molecule has 1 amide bonds. The van der Waals surface area contributed by atoms with Crippen LogP contribution in [0.3, 0.4) is 0 Å². The van der Waals surface area contributed by atoms with Gasteiger partial charge in [-0.15, -0.1) is 0 Å². The van der Waals surface area contributed by atoms with Crippen molar-refractivity contribution >= 4 is 11.7 Å². The van der Waals surface area contributed by atoms with E-state index >= 15 is 0 Å². The molecule has 0 aliphatic carbocycles. The van der Waals surface area contributed by atoms with Gasteiger partial charge >= 0.3 is 5.69 Å². The first-order valence-electron chi connectivity index (χ1n) is 8.09. The standard InChI is InChI=1S/C16H20N6O3/c1-10-8-12(20-16(25)18-10)14(23)19-11-4-3-6-22(9-11)13-15(24)21(2)7-5-17-13/h5,7-8,11H,3-4,6,9H2,1-2H3,(H,19,23)(H,18,20,25)/t11-/m0/s1. The van der Waals surface area contributed by atoms with E-state index in [0.29, 0.717) is 24.6 Å². The number of rotatable bonds is 3. The lowest BCUT2D eigenvalue weighted by Crippen LogP contribution is -2.49. The van der Waals surface area contributed by atoms with Crippen LogP contribution in [0.15, 0.2) is 28.0 Å². The largest absolute Gasteiger partial charge is 0.350 e. The van der Waals surface area contributed by atoms with E-state index in [4.69, 9.17) is 0 Å². The number of aromatic amines is 1. The number of nitrogens with one attached hydrogen (secondary N) is 2. The minimum atomic E-state index is -0.549. The van der Waals surface area contributed by atoms with Gasteiger partial charge in [-0.3, -0.25) is 9.59 Å². The number of anilines is 1. The second-order valence-electron chi connectivity index (χ2n) is 6.18. The Balaban J connectivity index is 1.73. The number of nitrogens with zero attached hydrogens (tertiary/aromatic N) is 4. The molecular weight excluding hydrogens is 324 g/mol. The van der Waals surface area contributed by atoms with Crippen LogP contribution in [0, 0.1) is 6.92 Å². The number of H-pyrrole nitrogens is 1. The molecule has 9 nitrogen and oxygen atoms in total. The van der Waals surface area contributed by atoms with Gasteiger partial charge in [-0.25, -0.2) is 9.78 Å². The van der Waals surface area contributed by atoms with Gasteiger partial charge in [0.2, 0.25) is 0 Å². The Labute approximate surface area is 143 Å². The van der Waals surface area contributed by atoms with Gasteiger partial charge in [-0.1, -0.05) is 0 Å². The van der Waals surface area contributed by atoms with Crippen LogP contribution in [-0.2, 0) is 7.05 Å². The van der Waals surface area contributed by atoms with Crippen LogP contribution in [0.4, 0.5) is 5.82 Å². The average molecular weight is 344 g/mol. The molecule has 2 aromatic heterocycles. The zero-order valence-corrected chi connectivity index (χ0v) is 14.2. The number of piperidine rings is 1. The molecule has 1 aliphatic rings. The predicted octanol–water partition coefficient (Wildman–Crippen LogP) is -0.429. The molecule has 25 heavy (non-hydrogen) atoms. The number of carbonyl (C=O) groups is 1. The first-order valence-corrected chi connectivity index (χ1v) is 8.09. The third kappa shape index (κ3) is 3.76. The predicted molar refractivity (Wildman–Crippen MR) is 91.8 cm³/mol. The lowest BCUT2D eigenvalue weighted by atomic mass is 10.1. The summed E-state index contributed by atoms with van der Waals surface area (Å²) < 4.78 is 1.48. The van der Waals surface area contributed by atoms with E-state index in [0.717, 1.165) is 12.8 Å². The van der Waals surface area contributed by atoms with Crippen molar-refractivity contribution in [2.75, 3.05) is 18.0 Å². The van der Waals surface area contributed by atoms with Crippen LogP contribution >= 0.6 is 0 Å². The van der Waals surface area contributed by atoms with E-state index in [1.54, 1.807) is 26.4 Å². The Morgan fingerprint density at radius 3 is 2.96 bits per heavy atom. The van der Waals surface area contributed by atoms with E-state index in [1.165, 1.54) is 10.6 Å². The normalized spacial score (nSPS) is 17.4. The fraction of sp³-hybridized carbons (Fsp3) is 0.438. The molecule has 0 spiro atoms. The molecule has 9 heteroatoms. The Bertz CT molecular complexity index is 903. The number of hydrogen-bond donors (Lipinski definition) is 2. The van der Waals surface area contributed by atoms with Gasteiger partial charge in [-0.05, 0) is 25.8 Å². The molecule has 132 valence electrons. The number of aryl methyl sites for hydroxylation is 2. The first-order chi connectivity index (χ1) is 11.9. The Morgan fingerprint density at radius 1 is 1.40 bits per heavy atom. The van der Waals surface area contributed by atoms with E-state index in [-0.39, 0.29) is 17.3 Å². The summed E-state index contributed by atoms with van der Waals surface area (Å²) in [6, 6.07) is 1.39. The summed E-state index contributed by atoms with van der Waals surface area (Å²) in [5.41, 5.74) is -0.0479. The molecule has 1 aliphatic heterocycles. The van der Waals surface area contributed by atoms with Gasteiger partial charge in [0.05, 0.1) is 0 Å². The Kier molecular flexibility index (Phi) is 4.64. The van der Waals surface area contributed by atoms with Crippen molar-refractivity contribution in [1.29, 1.82) is 0 Å². The van der Waals surface area contributed by atoms with Crippen molar-refractivity contribution in [3.63, 3.8) is 0 Å². The van der Waals surface area contributed by atoms with Gasteiger partial charge < -0.3 is 19.8 Å². The van der Waals surface area contributed by atoms with Crippen LogP contribution < -0.4 is 21.5 Å². The summed E-state index contributed by atoms with van der Waals surface area (Å²) in [6.45, 7) is 2.89. The summed E-state index contributed by atoms with van der Waals surface area (Å²) in [6.07, 6.45) is 4.81. The Morgan fingerprint density at radius 2 is 2.20 bits per heavy atom. The molecular formula is C16H20N6O3. The third-order valence-corrected chi connectivity index (χ3v) is 4.17. The van der Waals surface area contributed by atoms with E-state index in [1.807, 2.05) is 4.90 Å². The molecule has 0 bridgehead atoms. The van der Waals surface area contributed by atoms with Crippen LogP contribution in [0.1, 0.15) is 29.0 Å². The molecule has 2 aromatic rings. The number of aromatic nitrogens is 4. The minimum Gasteiger partial charge on any atom is -0.350 e. The minimum absolute atomic E-state index is 0.0899. The highest BCUT2D eigenvalue weighted by Gasteiger charge is 2.25. The highest BCUT2D eigenvalue weighted by molar-refractivity contribution is 5.92. The van der Waals surface area contributed by atoms with Crippen molar-refractivity contribution < 1.29 is 4.79 Å². The molecule has 1 atom stereocenters. The molecule has 0 radical (unpaired) electrons. The number of carbonyl (C=O) groups excluding carboxylic acids is 1. The molecule has 3 heterocycles. The first kappa shape index (κ1) is 16.9. The molecule has 1 fully saturated rings. The van der Waals surface area contributed by atoms with Gasteiger partial charge in [0, 0.05) is 44.3 Å². The van der Waals surface area contributed by atoms with Crippen LogP contribution in [-0.4, -0.2) is 44.6 Å². The smallest absolute Gasteiger partial charge is 0.345 e. The fourth-order valence-electron chi connectivity index (χ4n) is 2.94. The average Bonchev–Trinajstić information content (AvgIpc) is 2.56. The zero-order chi connectivity index (χ0) is 18.0. The molecule has 1 saturated heterocycles. The second-order valence-corrected chi connectivity index (χ2v) is 6.18. The summed E-state index contributed by atoms with van der Waals surface area (Å²) in [4.78, 5) is 48.3. The van der Waals surface area contributed by atoms with Crippen molar-refractivity contribution in [3.8, 4) is 0 Å². The number of hydrogen-bond acceptors (Lipinski definition) is 6. The summed E-state index contributed by atoms with van der Waals surface area (Å²) in [5, 5.41) is 2.89. The highest BCUT2D eigenvalue weighted by Crippen LogP contribution is 2.14. The van der Waals surface area contributed by atoms with Gasteiger partial charge in [0.15, 0.2) is 5.82 Å². The molecule has 0 aromatic carbocycles. The molecule has 2 N–H and O–H groups in total. The second kappa shape index (κ2) is 6.88. The van der Waals surface area contributed by atoms with Crippen molar-refractivity contribution in [2.45, 2.75) is 25.8 Å². The third-order valence-electron chi connectivity index (χ3n) is 4.17. The monoisotopic (exact) mass is 344 g/mol. The lowest BCUT2D eigenvalue weighted by Gasteiger charge is -2.33. The van der Waals surface area contributed by atoms with E-state index in [9.17, 15) is 14.4 Å². The maximum atomic E-state index is 12.4. The fourth-order valence-corrected chi connectivity index (χ4v) is 2.94. The maximum Gasteiger partial charge on any atom is 0.345 e. The lowest BCUT2D eigenvalue weighted by molar-refractivity contribution is 0.0927. The summed E-state index contributed by atoms with van der Waals surface area (Å²) in [7, 11) is 1.68. The van der Waals surface area contributed by atoms with Gasteiger partial charge in [-0.2, -0.15) is 4.98 Å². The molecule has 0 saturated carbocycles. The SMILES string of the molecule is Cc1cc(C(=O)N[C@H]2CCCN(c3nccn(C)c3=O)C2)nc(=O)[nH]1. The summed E-state index contributed by atoms with van der Waals surface area (Å²) >= 11 is 0. The van der Waals surface area contributed by atoms with Crippen molar-refractivity contribution in [3.05, 3.63) is 50.7 Å². The van der Waals surface area contributed by atoms with E-state index < -0.39 is 11.6 Å². The maximum absolute atomic E-state index is 12.4. The Hall–Kier alpha value is -2.97. The topological polar surface area (TPSA) is 113 Å². The van der Waals surface area contributed by atoms with Crippen molar-refractivity contribution in [2.24, 2.45) is 7.05 Å². The zero-order valence-electron chi connectivity index (χ0n) is 14.2. The van der Waals surface area contributed by atoms with Gasteiger partial charge in [0.1, 0.15) is 5.69 Å². The summed E-state index contributed by atoms with van der Waals surface area (Å²) in [5.74, 6) is -0.0101. The van der Waals surface area contributed by atoms with Crippen LogP contribution in [0.5, 0.6) is 0 Å². The quantitative estimate of drug-likeness (QED) is 0.781. The number of amides is 1. The van der Waals surface area contributed by atoms with E-state index in [2.05, 4.69) is 20.3 Å². The molecule has 3 rings (SSSR count). The van der Waals surface area contributed by atoms with Crippen molar-refractivity contribution in [1.82, 2.24) is 24.8 Å².